The van der Waals surface area contributed by atoms with Crippen LogP contribution in [0.5, 0.6) is 0 Å². The lowest BCUT2D eigenvalue weighted by Crippen LogP contribution is -2.42. The molecule has 7 nitrogen and oxygen atoms in total. The third-order valence-corrected chi connectivity index (χ3v) is 5.77. The number of likely N-dealkylation sites (tertiary alicyclic amines) is 1. The molecular weight excluding hydrogens is 375 g/mol. The topological polar surface area (TPSA) is 92.8 Å². The second kappa shape index (κ2) is 9.80. The molecule has 0 bridgehead atoms. The molecule has 1 aliphatic heterocycles. The number of hydrogen-bond acceptors (Lipinski definition) is 5. The summed E-state index contributed by atoms with van der Waals surface area (Å²) in [4.78, 5) is 25.7. The van der Waals surface area contributed by atoms with Gasteiger partial charge in [0.05, 0.1) is 4.90 Å². The van der Waals surface area contributed by atoms with E-state index in [0.717, 1.165) is 31.4 Å². The minimum absolute atomic E-state index is 0.0104. The van der Waals surface area contributed by atoms with Crippen molar-refractivity contribution in [2.24, 2.45) is 0 Å². The maximum Gasteiger partial charge on any atom is 0.306 e. The van der Waals surface area contributed by atoms with Crippen LogP contribution in [-0.2, 0) is 24.3 Å². The van der Waals surface area contributed by atoms with Gasteiger partial charge in [-0.25, -0.2) is 17.5 Å². The van der Waals surface area contributed by atoms with Crippen LogP contribution in [0, 0.1) is 5.82 Å². The third kappa shape index (κ3) is 6.59. The van der Waals surface area contributed by atoms with Crippen molar-refractivity contribution in [1.29, 1.82) is 0 Å². The Morgan fingerprint density at radius 2 is 1.81 bits per heavy atom. The lowest BCUT2D eigenvalue weighted by molar-refractivity contribution is -0.159. The standard InChI is InChI=1S/C18H25FN2O5S/c1-14(18(23)21-12-3-2-4-13-21)26-17(22)6-5-11-20-27(24,25)16-9-7-15(19)8-10-16/h7-10,14,20H,2-6,11-13H2,1H3. The van der Waals surface area contributed by atoms with Crippen LogP contribution in [0.3, 0.4) is 0 Å². The highest BCUT2D eigenvalue weighted by Crippen LogP contribution is 2.12. The van der Waals surface area contributed by atoms with E-state index in [0.29, 0.717) is 13.1 Å². The molecule has 0 radical (unpaired) electrons. The quantitative estimate of drug-likeness (QED) is 0.531. The summed E-state index contributed by atoms with van der Waals surface area (Å²) in [6.07, 6.45) is 2.40. The lowest BCUT2D eigenvalue weighted by atomic mass is 10.1. The highest BCUT2D eigenvalue weighted by Gasteiger charge is 2.24. The van der Waals surface area contributed by atoms with E-state index >= 15 is 0 Å². The summed E-state index contributed by atoms with van der Waals surface area (Å²) < 4.78 is 44.4. The molecule has 0 saturated carbocycles. The molecule has 9 heteroatoms. The largest absolute Gasteiger partial charge is 0.453 e. The molecule has 1 unspecified atom stereocenters. The molecule has 0 spiro atoms. The Balaban J connectivity index is 1.70. The number of hydrogen-bond donors (Lipinski definition) is 1. The van der Waals surface area contributed by atoms with E-state index in [1.54, 1.807) is 11.8 Å². The maximum atomic E-state index is 12.9. The van der Waals surface area contributed by atoms with E-state index in [4.69, 9.17) is 4.74 Å². The van der Waals surface area contributed by atoms with E-state index in [1.165, 1.54) is 12.1 Å². The molecule has 1 atom stereocenters. The maximum absolute atomic E-state index is 12.9. The zero-order chi connectivity index (χ0) is 19.9. The molecular formula is C18H25FN2O5S. The Bertz CT molecular complexity index is 746. The van der Waals surface area contributed by atoms with Crippen molar-refractivity contribution in [2.45, 2.75) is 50.0 Å². The van der Waals surface area contributed by atoms with E-state index in [1.807, 2.05) is 0 Å². The number of carbonyl (C=O) groups excluding carboxylic acids is 2. The summed E-state index contributed by atoms with van der Waals surface area (Å²) >= 11 is 0. The number of nitrogens with zero attached hydrogens (tertiary/aromatic N) is 1. The fourth-order valence-electron chi connectivity index (χ4n) is 2.81. The van der Waals surface area contributed by atoms with Gasteiger partial charge in [-0.1, -0.05) is 0 Å². The van der Waals surface area contributed by atoms with Crippen molar-refractivity contribution in [3.63, 3.8) is 0 Å². The third-order valence-electron chi connectivity index (χ3n) is 4.30. The van der Waals surface area contributed by atoms with E-state index in [9.17, 15) is 22.4 Å². The number of carbonyl (C=O) groups is 2. The van der Waals surface area contributed by atoms with Crippen molar-refractivity contribution in [2.75, 3.05) is 19.6 Å². The van der Waals surface area contributed by atoms with Gasteiger partial charge in [-0.2, -0.15) is 0 Å². The number of halogens is 1. The normalized spacial score (nSPS) is 16.0. The number of benzene rings is 1. The summed E-state index contributed by atoms with van der Waals surface area (Å²) in [5.74, 6) is -1.26. The molecule has 2 rings (SSSR count). The van der Waals surface area contributed by atoms with Gasteiger partial charge in [0, 0.05) is 26.1 Å². The second-order valence-electron chi connectivity index (χ2n) is 6.47. The summed E-state index contributed by atoms with van der Waals surface area (Å²) in [6, 6.07) is 4.46. The first-order valence-electron chi connectivity index (χ1n) is 9.03. The second-order valence-corrected chi connectivity index (χ2v) is 8.24. The minimum Gasteiger partial charge on any atom is -0.453 e. The van der Waals surface area contributed by atoms with Gasteiger partial charge in [0.2, 0.25) is 10.0 Å². The van der Waals surface area contributed by atoms with Gasteiger partial charge in [-0.05, 0) is 56.9 Å². The first-order valence-corrected chi connectivity index (χ1v) is 10.5. The molecule has 1 aromatic carbocycles. The molecule has 0 aliphatic carbocycles. The van der Waals surface area contributed by atoms with Crippen molar-refractivity contribution >= 4 is 21.9 Å². The average Bonchev–Trinajstić information content (AvgIpc) is 2.65. The predicted octanol–water partition coefficient (Wildman–Crippen LogP) is 1.83. The lowest BCUT2D eigenvalue weighted by Gasteiger charge is -2.28. The van der Waals surface area contributed by atoms with Gasteiger partial charge in [0.25, 0.3) is 5.91 Å². The Morgan fingerprint density at radius 1 is 1.19 bits per heavy atom. The van der Waals surface area contributed by atoms with E-state index < -0.39 is 27.9 Å². The number of sulfonamides is 1. The van der Waals surface area contributed by atoms with Crippen LogP contribution in [0.1, 0.15) is 39.0 Å². The average molecular weight is 400 g/mol. The van der Waals surface area contributed by atoms with Gasteiger partial charge in [-0.3, -0.25) is 9.59 Å². The summed E-state index contributed by atoms with van der Waals surface area (Å²) in [7, 11) is -3.76. The van der Waals surface area contributed by atoms with Crippen LogP contribution in [0.2, 0.25) is 0 Å². The molecule has 1 aromatic rings. The molecule has 1 saturated heterocycles. The Morgan fingerprint density at radius 3 is 2.44 bits per heavy atom. The Hall–Kier alpha value is -2.00. The smallest absolute Gasteiger partial charge is 0.306 e. The van der Waals surface area contributed by atoms with E-state index in [2.05, 4.69) is 4.72 Å². The number of esters is 1. The summed E-state index contributed by atoms with van der Waals surface area (Å²) in [5.41, 5.74) is 0. The van der Waals surface area contributed by atoms with Crippen molar-refractivity contribution in [1.82, 2.24) is 9.62 Å². The van der Waals surface area contributed by atoms with Gasteiger partial charge >= 0.3 is 5.97 Å². The highest BCUT2D eigenvalue weighted by atomic mass is 32.2. The molecule has 1 aliphatic rings. The summed E-state index contributed by atoms with van der Waals surface area (Å²) in [5, 5.41) is 0. The fraction of sp³-hybridized carbons (Fsp3) is 0.556. The molecule has 1 heterocycles. The first kappa shape index (κ1) is 21.3. The first-order chi connectivity index (χ1) is 12.8. The zero-order valence-electron chi connectivity index (χ0n) is 15.3. The van der Waals surface area contributed by atoms with Gasteiger partial charge < -0.3 is 9.64 Å². The van der Waals surface area contributed by atoms with Crippen LogP contribution < -0.4 is 4.72 Å². The predicted molar refractivity (Wildman–Crippen MR) is 96.8 cm³/mol. The highest BCUT2D eigenvalue weighted by molar-refractivity contribution is 7.89. The molecule has 1 fully saturated rings. The molecule has 0 aromatic heterocycles. The van der Waals surface area contributed by atoms with E-state index in [-0.39, 0.29) is 30.2 Å². The van der Waals surface area contributed by atoms with Crippen LogP contribution in [0.4, 0.5) is 4.39 Å². The number of ether oxygens (including phenoxy) is 1. The van der Waals surface area contributed by atoms with Gasteiger partial charge in [-0.15, -0.1) is 0 Å². The van der Waals surface area contributed by atoms with Crippen molar-refractivity contribution in [3.05, 3.63) is 30.1 Å². The van der Waals surface area contributed by atoms with Gasteiger partial charge in [0.15, 0.2) is 6.10 Å². The summed E-state index contributed by atoms with van der Waals surface area (Å²) in [6.45, 7) is 2.95. The van der Waals surface area contributed by atoms with Crippen LogP contribution in [0.25, 0.3) is 0 Å². The number of piperidine rings is 1. The Labute approximate surface area is 158 Å². The van der Waals surface area contributed by atoms with Crippen molar-refractivity contribution in [3.8, 4) is 0 Å². The molecule has 1 N–H and O–H groups in total. The SMILES string of the molecule is CC(OC(=O)CCCNS(=O)(=O)c1ccc(F)cc1)C(=O)N1CCCCC1. The number of nitrogens with one attached hydrogen (secondary N) is 1. The minimum atomic E-state index is -3.76. The molecule has 1 amide bonds. The fourth-order valence-corrected chi connectivity index (χ4v) is 3.89. The Kier molecular flexibility index (Phi) is 7.73. The van der Waals surface area contributed by atoms with Crippen molar-refractivity contribution < 1.29 is 27.1 Å². The monoisotopic (exact) mass is 400 g/mol. The van der Waals surface area contributed by atoms with Crippen LogP contribution >= 0.6 is 0 Å². The van der Waals surface area contributed by atoms with Crippen LogP contribution in [0.15, 0.2) is 29.2 Å². The van der Waals surface area contributed by atoms with Crippen LogP contribution in [-0.4, -0.2) is 50.9 Å². The zero-order valence-corrected chi connectivity index (χ0v) is 16.1. The number of rotatable bonds is 8. The number of amides is 1. The van der Waals surface area contributed by atoms with Gasteiger partial charge in [0.1, 0.15) is 5.82 Å². The molecule has 27 heavy (non-hydrogen) atoms. The molecule has 150 valence electrons.